The van der Waals surface area contributed by atoms with E-state index in [9.17, 15) is 13.2 Å². The van der Waals surface area contributed by atoms with Crippen molar-refractivity contribution in [3.05, 3.63) is 0 Å². The average Bonchev–Trinajstić information content (AvgIpc) is 2.20. The molecule has 2 nitrogen and oxygen atoms in total. The van der Waals surface area contributed by atoms with Crippen LogP contribution in [0.1, 0.15) is 41.0 Å². The summed E-state index contributed by atoms with van der Waals surface area (Å²) in [5.41, 5.74) is 0. The predicted molar refractivity (Wildman–Crippen MR) is 65.1 cm³/mol. The van der Waals surface area contributed by atoms with Gasteiger partial charge in [0.25, 0.3) is 0 Å². The van der Waals surface area contributed by atoms with Gasteiger partial charge in [0.05, 0.1) is 6.54 Å². The van der Waals surface area contributed by atoms with Crippen molar-refractivity contribution in [2.75, 3.05) is 13.1 Å². The molecule has 104 valence electrons. The van der Waals surface area contributed by atoms with E-state index in [0.717, 1.165) is 13.0 Å². The fourth-order valence-electron chi connectivity index (χ4n) is 2.15. The third-order valence-corrected chi connectivity index (χ3v) is 3.04. The molecule has 0 aromatic heterocycles. The average molecular weight is 254 g/mol. The highest BCUT2D eigenvalue weighted by atomic mass is 19.4. The van der Waals surface area contributed by atoms with Gasteiger partial charge in [-0.3, -0.25) is 4.90 Å². The zero-order valence-electron chi connectivity index (χ0n) is 11.4. The van der Waals surface area contributed by atoms with Crippen LogP contribution in [0.25, 0.3) is 0 Å². The van der Waals surface area contributed by atoms with Crippen molar-refractivity contribution in [3.8, 4) is 0 Å². The number of halogens is 3. The van der Waals surface area contributed by atoms with Crippen LogP contribution in [0.4, 0.5) is 13.2 Å². The summed E-state index contributed by atoms with van der Waals surface area (Å²) >= 11 is 0. The van der Waals surface area contributed by atoms with Crippen LogP contribution in [-0.4, -0.2) is 42.3 Å². The number of nitrogens with zero attached hydrogens (tertiary/aromatic N) is 1. The summed E-state index contributed by atoms with van der Waals surface area (Å²) in [6, 6.07) is -0.134. The third kappa shape index (κ3) is 6.27. The molecule has 0 saturated carbocycles. The van der Waals surface area contributed by atoms with Crippen LogP contribution < -0.4 is 5.32 Å². The first kappa shape index (κ1) is 16.7. The molecule has 0 aromatic rings. The molecule has 0 aliphatic rings. The van der Waals surface area contributed by atoms with Crippen molar-refractivity contribution in [2.45, 2.75) is 65.3 Å². The Labute approximate surface area is 103 Å². The fraction of sp³-hybridized carbons (Fsp3) is 1.00. The smallest absolute Gasteiger partial charge is 0.313 e. The Morgan fingerprint density at radius 3 is 1.94 bits per heavy atom. The van der Waals surface area contributed by atoms with Crippen LogP contribution in [0.3, 0.4) is 0 Å². The highest BCUT2D eigenvalue weighted by Gasteiger charge is 2.35. The molecule has 0 aliphatic heterocycles. The largest absolute Gasteiger partial charge is 0.401 e. The Balaban J connectivity index is 4.68. The number of alkyl halides is 3. The summed E-state index contributed by atoms with van der Waals surface area (Å²) in [6.45, 7) is 9.38. The molecule has 0 aromatic carbocycles. The molecule has 0 heterocycles. The van der Waals surface area contributed by atoms with Crippen molar-refractivity contribution in [1.82, 2.24) is 10.2 Å². The van der Waals surface area contributed by atoms with Gasteiger partial charge in [-0.2, -0.15) is 13.2 Å². The molecule has 0 rings (SSSR count). The lowest BCUT2D eigenvalue weighted by molar-refractivity contribution is -0.155. The molecule has 0 amide bonds. The zero-order valence-corrected chi connectivity index (χ0v) is 11.4. The highest BCUT2D eigenvalue weighted by molar-refractivity contribution is 4.83. The number of likely N-dealkylation sites (N-methyl/N-ethyl adjacent to an activating group) is 1. The van der Waals surface area contributed by atoms with Crippen LogP contribution in [0.15, 0.2) is 0 Å². The van der Waals surface area contributed by atoms with Crippen LogP contribution in [0.2, 0.25) is 0 Å². The van der Waals surface area contributed by atoms with Crippen molar-refractivity contribution in [3.63, 3.8) is 0 Å². The van der Waals surface area contributed by atoms with Gasteiger partial charge in [0.15, 0.2) is 0 Å². The molecule has 0 fully saturated rings. The summed E-state index contributed by atoms with van der Waals surface area (Å²) in [6.07, 6.45) is -3.31. The maximum Gasteiger partial charge on any atom is 0.401 e. The van der Waals surface area contributed by atoms with E-state index < -0.39 is 12.7 Å². The molecule has 2 atom stereocenters. The van der Waals surface area contributed by atoms with Gasteiger partial charge in [-0.1, -0.05) is 13.8 Å². The summed E-state index contributed by atoms with van der Waals surface area (Å²) in [7, 11) is 0. The van der Waals surface area contributed by atoms with Crippen LogP contribution in [-0.2, 0) is 0 Å². The van der Waals surface area contributed by atoms with Crippen molar-refractivity contribution in [1.29, 1.82) is 0 Å². The Morgan fingerprint density at radius 2 is 1.65 bits per heavy atom. The van der Waals surface area contributed by atoms with Gasteiger partial charge in [0.2, 0.25) is 0 Å². The predicted octanol–water partition coefficient (Wildman–Crippen LogP) is 3.04. The Hall–Kier alpha value is -0.290. The lowest BCUT2D eigenvalue weighted by Gasteiger charge is -2.38. The first-order chi connectivity index (χ1) is 7.72. The number of rotatable bonds is 7. The van der Waals surface area contributed by atoms with Gasteiger partial charge in [-0.05, 0) is 33.7 Å². The molecule has 0 aliphatic carbocycles. The molecule has 1 N–H and O–H groups in total. The van der Waals surface area contributed by atoms with Crippen LogP contribution in [0.5, 0.6) is 0 Å². The van der Waals surface area contributed by atoms with E-state index in [1.54, 1.807) is 13.8 Å². The Kier molecular flexibility index (Phi) is 7.09. The van der Waals surface area contributed by atoms with Crippen molar-refractivity contribution < 1.29 is 13.2 Å². The molecular weight excluding hydrogens is 229 g/mol. The maximum absolute atomic E-state index is 12.5. The number of hydrogen-bond acceptors (Lipinski definition) is 2. The fourth-order valence-corrected chi connectivity index (χ4v) is 2.15. The topological polar surface area (TPSA) is 15.3 Å². The summed E-state index contributed by atoms with van der Waals surface area (Å²) < 4.78 is 37.6. The second-order valence-corrected chi connectivity index (χ2v) is 4.69. The van der Waals surface area contributed by atoms with Crippen molar-refractivity contribution in [2.24, 2.45) is 0 Å². The van der Waals surface area contributed by atoms with Gasteiger partial charge >= 0.3 is 6.18 Å². The molecule has 0 spiro atoms. The minimum absolute atomic E-state index is 0.102. The molecule has 2 unspecified atom stereocenters. The van der Waals surface area contributed by atoms with E-state index in [2.05, 4.69) is 5.32 Å². The minimum atomic E-state index is -4.14. The van der Waals surface area contributed by atoms with Gasteiger partial charge in [-0.15, -0.1) is 0 Å². The third-order valence-electron chi connectivity index (χ3n) is 3.04. The van der Waals surface area contributed by atoms with Crippen molar-refractivity contribution >= 4 is 0 Å². The summed E-state index contributed by atoms with van der Waals surface area (Å²) in [5.74, 6) is 0. The lowest BCUT2D eigenvalue weighted by Crippen LogP contribution is -2.53. The zero-order chi connectivity index (χ0) is 13.6. The van der Waals surface area contributed by atoms with E-state index >= 15 is 0 Å². The van der Waals surface area contributed by atoms with Crippen LogP contribution >= 0.6 is 0 Å². The van der Waals surface area contributed by atoms with Gasteiger partial charge < -0.3 is 5.32 Å². The van der Waals surface area contributed by atoms with Gasteiger partial charge in [0.1, 0.15) is 0 Å². The highest BCUT2D eigenvalue weighted by Crippen LogP contribution is 2.21. The number of nitrogens with one attached hydrogen (secondary N) is 1. The van der Waals surface area contributed by atoms with Gasteiger partial charge in [0, 0.05) is 18.1 Å². The van der Waals surface area contributed by atoms with Gasteiger partial charge in [-0.25, -0.2) is 0 Å². The standard InChI is InChI=1S/C12H25F3N2/c1-6-11(16-7-2)10(5)17(9(3)4)8-12(13,14)15/h9-11,16H,6-8H2,1-5H3. The second kappa shape index (κ2) is 7.21. The molecular formula is C12H25F3N2. The molecule has 0 bridgehead atoms. The normalized spacial score (nSPS) is 16.6. The summed E-state index contributed by atoms with van der Waals surface area (Å²) in [5, 5.41) is 3.24. The first-order valence-corrected chi connectivity index (χ1v) is 6.28. The van der Waals surface area contributed by atoms with E-state index in [1.807, 2.05) is 20.8 Å². The molecule has 0 radical (unpaired) electrons. The lowest BCUT2D eigenvalue weighted by atomic mass is 10.0. The van der Waals surface area contributed by atoms with E-state index in [1.165, 1.54) is 4.90 Å². The van der Waals surface area contributed by atoms with E-state index in [-0.39, 0.29) is 18.1 Å². The molecule has 0 saturated heterocycles. The molecule has 5 heteroatoms. The molecule has 17 heavy (non-hydrogen) atoms. The van der Waals surface area contributed by atoms with E-state index in [0.29, 0.717) is 0 Å². The SMILES string of the molecule is CCNC(CC)C(C)N(CC(F)(F)F)C(C)C. The quantitative estimate of drug-likeness (QED) is 0.751. The Bertz CT molecular complexity index is 204. The summed E-state index contributed by atoms with van der Waals surface area (Å²) in [4.78, 5) is 1.51. The van der Waals surface area contributed by atoms with Crippen LogP contribution in [0, 0.1) is 0 Å². The Morgan fingerprint density at radius 1 is 1.12 bits per heavy atom. The van der Waals surface area contributed by atoms with E-state index in [4.69, 9.17) is 0 Å². The number of hydrogen-bond donors (Lipinski definition) is 1. The second-order valence-electron chi connectivity index (χ2n) is 4.69. The monoisotopic (exact) mass is 254 g/mol. The minimum Gasteiger partial charge on any atom is -0.313 e. The maximum atomic E-state index is 12.5. The first-order valence-electron chi connectivity index (χ1n) is 6.28.